The Morgan fingerprint density at radius 2 is 1.64 bits per heavy atom. The maximum absolute atomic E-state index is 14.1. The second-order valence-corrected chi connectivity index (χ2v) is 11.3. The third-order valence-electron chi connectivity index (χ3n) is 7.12. The Morgan fingerprint density at radius 3 is 2.26 bits per heavy atom. The summed E-state index contributed by atoms with van der Waals surface area (Å²) in [6.07, 6.45) is 2.15. The molecule has 0 aliphatic rings. The summed E-state index contributed by atoms with van der Waals surface area (Å²) in [5.41, 5.74) is 10.9. The van der Waals surface area contributed by atoms with E-state index in [0.717, 1.165) is 11.1 Å². The van der Waals surface area contributed by atoms with Gasteiger partial charge in [-0.2, -0.15) is 0 Å². The van der Waals surface area contributed by atoms with Gasteiger partial charge in [-0.15, -0.1) is 0 Å². The van der Waals surface area contributed by atoms with Crippen molar-refractivity contribution in [3.8, 4) is 16.9 Å². The molecule has 9 nitrogen and oxygen atoms in total. The van der Waals surface area contributed by atoms with E-state index in [2.05, 4.69) is 15.6 Å². The predicted molar refractivity (Wildman–Crippen MR) is 171 cm³/mol. The summed E-state index contributed by atoms with van der Waals surface area (Å²) in [5, 5.41) is 15.8. The molecule has 0 saturated carbocycles. The van der Waals surface area contributed by atoms with Gasteiger partial charge >= 0.3 is 6.03 Å². The van der Waals surface area contributed by atoms with E-state index < -0.39 is 6.03 Å². The largest absolute Gasteiger partial charge is 0.493 e. The molecule has 0 saturated heterocycles. The lowest BCUT2D eigenvalue weighted by molar-refractivity contribution is 0.233. The Balaban J connectivity index is 1.88. The molecule has 42 heavy (non-hydrogen) atoms. The lowest BCUT2D eigenvalue weighted by Crippen LogP contribution is -2.31. The van der Waals surface area contributed by atoms with Crippen LogP contribution in [0.25, 0.3) is 22.2 Å². The van der Waals surface area contributed by atoms with E-state index in [1.165, 1.54) is 0 Å². The normalized spacial score (nSPS) is 11.5. The molecular weight excluding hydrogens is 530 g/mol. The zero-order valence-corrected chi connectivity index (χ0v) is 25.2. The number of hydrogen-bond acceptors (Lipinski definition) is 6. The number of benzene rings is 2. The molecule has 0 atom stereocenters. The monoisotopic (exact) mass is 571 g/mol. The Bertz CT molecular complexity index is 1610. The molecule has 5 N–H and O–H groups in total. The molecule has 0 radical (unpaired) electrons. The molecule has 2 heterocycles. The summed E-state index contributed by atoms with van der Waals surface area (Å²) in [6.45, 7) is 12.4. The number of aliphatic hydroxyl groups is 1. The van der Waals surface area contributed by atoms with E-state index in [9.17, 15) is 9.59 Å². The smallest absolute Gasteiger partial charge is 0.323 e. The van der Waals surface area contributed by atoms with Gasteiger partial charge in [-0.3, -0.25) is 9.36 Å². The van der Waals surface area contributed by atoms with Gasteiger partial charge < -0.3 is 26.2 Å². The van der Waals surface area contributed by atoms with Gasteiger partial charge in [0.25, 0.3) is 5.56 Å². The van der Waals surface area contributed by atoms with Crippen molar-refractivity contribution in [2.24, 2.45) is 0 Å². The number of nitrogen functional groups attached to an aromatic ring is 1. The van der Waals surface area contributed by atoms with Crippen molar-refractivity contribution in [2.75, 3.05) is 29.6 Å². The first kappa shape index (κ1) is 30.6. The average Bonchev–Trinajstić information content (AvgIpc) is 2.94. The van der Waals surface area contributed by atoms with Crippen molar-refractivity contribution < 1.29 is 14.6 Å². The predicted octanol–water partition coefficient (Wildman–Crippen LogP) is 6.88. The number of amides is 2. The number of aliphatic hydroxyl groups excluding tert-OH is 1. The molecule has 222 valence electrons. The van der Waals surface area contributed by atoms with Gasteiger partial charge in [0.2, 0.25) is 0 Å². The van der Waals surface area contributed by atoms with Crippen molar-refractivity contribution in [3.05, 3.63) is 76.2 Å². The number of fused-ring (bicyclic) bond motifs is 1. The molecule has 0 fully saturated rings. The van der Waals surface area contributed by atoms with Crippen molar-refractivity contribution in [1.29, 1.82) is 0 Å². The first-order valence-electron chi connectivity index (χ1n) is 14.4. The summed E-state index contributed by atoms with van der Waals surface area (Å²) in [4.78, 5) is 32.4. The minimum absolute atomic E-state index is 0.0255. The van der Waals surface area contributed by atoms with Crippen molar-refractivity contribution in [2.45, 2.75) is 65.8 Å². The molecule has 2 aromatic heterocycles. The van der Waals surface area contributed by atoms with Crippen LogP contribution in [0.15, 0.2) is 59.5 Å². The van der Waals surface area contributed by atoms with Crippen LogP contribution in [-0.2, 0) is 0 Å². The number of aromatic nitrogens is 2. The number of nitrogens with one attached hydrogen (secondary N) is 2. The standard InChI is InChI=1S/C33H41N5O4/c1-19(2)26-17-23(34)18-27(20(3)4)29(26)36-33(41)37-30-28(22-10-7-11-24(16-22)42-15-9-14-39)25-12-8-13-35-31(25)38(21(5)6)32(30)40/h7-8,10-13,16-21,39H,9,14-15,34H2,1-6H3,(H2,36,37,41). The third-order valence-corrected chi connectivity index (χ3v) is 7.12. The van der Waals surface area contributed by atoms with E-state index in [1.807, 2.05) is 90.1 Å². The number of urea groups is 1. The van der Waals surface area contributed by atoms with Gasteiger partial charge in [-0.25, -0.2) is 9.78 Å². The van der Waals surface area contributed by atoms with Crippen LogP contribution >= 0.6 is 0 Å². The second kappa shape index (κ2) is 13.1. The first-order valence-corrected chi connectivity index (χ1v) is 14.4. The van der Waals surface area contributed by atoms with Gasteiger partial charge in [0.15, 0.2) is 0 Å². The number of carbonyl (C=O) groups is 1. The number of anilines is 3. The summed E-state index contributed by atoms with van der Waals surface area (Å²) < 4.78 is 7.42. The van der Waals surface area contributed by atoms with Crippen LogP contribution in [-0.4, -0.2) is 33.9 Å². The quantitative estimate of drug-likeness (QED) is 0.121. The van der Waals surface area contributed by atoms with Crippen molar-refractivity contribution in [3.63, 3.8) is 0 Å². The Labute approximate surface area is 246 Å². The number of nitrogens with two attached hydrogens (primary N) is 1. The molecule has 0 spiro atoms. The number of rotatable bonds is 10. The lowest BCUT2D eigenvalue weighted by Gasteiger charge is -2.23. The molecule has 0 aliphatic carbocycles. The maximum atomic E-state index is 14.1. The maximum Gasteiger partial charge on any atom is 0.323 e. The lowest BCUT2D eigenvalue weighted by atomic mass is 9.92. The van der Waals surface area contributed by atoms with E-state index in [0.29, 0.717) is 52.3 Å². The van der Waals surface area contributed by atoms with E-state index in [4.69, 9.17) is 15.6 Å². The van der Waals surface area contributed by atoms with Crippen LogP contribution in [0.5, 0.6) is 5.75 Å². The molecule has 4 rings (SSSR count). The average molecular weight is 572 g/mol. The third kappa shape index (κ3) is 6.41. The fraction of sp³-hybridized carbons (Fsp3) is 0.364. The summed E-state index contributed by atoms with van der Waals surface area (Å²) in [7, 11) is 0. The molecule has 0 aliphatic heterocycles. The van der Waals surface area contributed by atoms with Crippen molar-refractivity contribution in [1.82, 2.24) is 9.55 Å². The molecule has 0 bridgehead atoms. The van der Waals surface area contributed by atoms with Gasteiger partial charge in [0, 0.05) is 47.6 Å². The first-order chi connectivity index (χ1) is 20.0. The highest BCUT2D eigenvalue weighted by Crippen LogP contribution is 2.37. The Kier molecular flexibility index (Phi) is 9.52. The number of carbonyl (C=O) groups excluding carboxylic acids is 1. The van der Waals surface area contributed by atoms with E-state index >= 15 is 0 Å². The Morgan fingerprint density at radius 1 is 0.976 bits per heavy atom. The van der Waals surface area contributed by atoms with Gasteiger partial charge in [-0.1, -0.05) is 39.8 Å². The zero-order chi connectivity index (χ0) is 30.6. The fourth-order valence-electron chi connectivity index (χ4n) is 5.16. The van der Waals surface area contributed by atoms with Crippen LogP contribution in [0, 0.1) is 0 Å². The molecule has 9 heteroatoms. The molecule has 0 unspecified atom stereocenters. The van der Waals surface area contributed by atoms with Crippen LogP contribution in [0.2, 0.25) is 0 Å². The summed E-state index contributed by atoms with van der Waals surface area (Å²) in [6, 6.07) is 14.1. The highest BCUT2D eigenvalue weighted by Gasteiger charge is 2.24. The van der Waals surface area contributed by atoms with Crippen LogP contribution in [0.4, 0.5) is 21.9 Å². The number of nitrogens with zero attached hydrogens (tertiary/aromatic N) is 2. The van der Waals surface area contributed by atoms with Crippen molar-refractivity contribution >= 4 is 34.1 Å². The number of ether oxygens (including phenoxy) is 1. The molecule has 2 aromatic carbocycles. The van der Waals surface area contributed by atoms with Gasteiger partial charge in [0.1, 0.15) is 17.1 Å². The second-order valence-electron chi connectivity index (χ2n) is 11.3. The highest BCUT2D eigenvalue weighted by molar-refractivity contribution is 6.08. The molecule has 2 amide bonds. The van der Waals surface area contributed by atoms with Crippen LogP contribution in [0.1, 0.15) is 77.0 Å². The van der Waals surface area contributed by atoms with E-state index in [1.54, 1.807) is 10.8 Å². The fourth-order valence-corrected chi connectivity index (χ4v) is 5.16. The summed E-state index contributed by atoms with van der Waals surface area (Å²) in [5.74, 6) is 0.803. The number of hydrogen-bond donors (Lipinski definition) is 4. The minimum Gasteiger partial charge on any atom is -0.493 e. The van der Waals surface area contributed by atoms with Gasteiger partial charge in [0.05, 0.1) is 6.61 Å². The summed E-state index contributed by atoms with van der Waals surface area (Å²) >= 11 is 0. The molecule has 4 aromatic rings. The number of pyridine rings is 2. The SMILES string of the molecule is CC(C)c1cc(N)cc(C(C)C)c1NC(=O)Nc1c(-c2cccc(OCCCO)c2)c2cccnc2n(C(C)C)c1=O. The van der Waals surface area contributed by atoms with Crippen LogP contribution < -0.4 is 26.7 Å². The highest BCUT2D eigenvalue weighted by atomic mass is 16.5. The zero-order valence-electron chi connectivity index (χ0n) is 25.2. The van der Waals surface area contributed by atoms with Crippen LogP contribution in [0.3, 0.4) is 0 Å². The van der Waals surface area contributed by atoms with Gasteiger partial charge in [-0.05, 0) is 78.8 Å². The Hall–Kier alpha value is -4.37. The topological polar surface area (TPSA) is 132 Å². The minimum atomic E-state index is -0.532. The van der Waals surface area contributed by atoms with E-state index in [-0.39, 0.29) is 35.7 Å². The molecular formula is C33H41N5O4.